The van der Waals surface area contributed by atoms with E-state index in [2.05, 4.69) is 63.2 Å². The maximum absolute atomic E-state index is 2.38. The van der Waals surface area contributed by atoms with Gasteiger partial charge in [0.2, 0.25) is 0 Å². The quantitative estimate of drug-likeness (QED) is 0.368. The van der Waals surface area contributed by atoms with Crippen molar-refractivity contribution in [3.63, 3.8) is 0 Å². The zero-order valence-corrected chi connectivity index (χ0v) is 15.8. The van der Waals surface area contributed by atoms with Crippen molar-refractivity contribution in [2.45, 2.75) is 59.3 Å². The molecule has 0 spiro atoms. The van der Waals surface area contributed by atoms with Crippen LogP contribution in [0.5, 0.6) is 0 Å². The Labute approximate surface area is 148 Å². The van der Waals surface area contributed by atoms with Gasteiger partial charge in [-0.2, -0.15) is 0 Å². The normalized spacial score (nSPS) is 11.5. The van der Waals surface area contributed by atoms with Gasteiger partial charge >= 0.3 is 0 Å². The molecule has 0 heterocycles. The second-order valence-electron chi connectivity index (χ2n) is 6.87. The van der Waals surface area contributed by atoms with E-state index in [9.17, 15) is 0 Å². The van der Waals surface area contributed by atoms with Gasteiger partial charge in [0, 0.05) is 5.39 Å². The van der Waals surface area contributed by atoms with Crippen LogP contribution in [-0.4, -0.2) is 25.1 Å². The van der Waals surface area contributed by atoms with E-state index in [-0.39, 0.29) is 5.48 Å². The smallest absolute Gasteiger partial charge is 0.140 e. The predicted octanol–water partition coefficient (Wildman–Crippen LogP) is 6.37. The molecule has 0 radical (unpaired) electrons. The largest absolute Gasteiger partial charge is 0.870 e. The van der Waals surface area contributed by atoms with Gasteiger partial charge in [-0.3, -0.25) is 4.48 Å². The van der Waals surface area contributed by atoms with Crippen LogP contribution in [0.2, 0.25) is 0 Å². The number of hydrogen-bond acceptors (Lipinski definition) is 1. The molecule has 0 unspecified atom stereocenters. The molecule has 0 saturated carbocycles. The number of nitrogens with zero attached hydrogens (tertiary/aromatic N) is 1. The van der Waals surface area contributed by atoms with Crippen LogP contribution in [0.15, 0.2) is 42.5 Å². The molecule has 0 bridgehead atoms. The highest BCUT2D eigenvalue weighted by Crippen LogP contribution is 2.33. The fourth-order valence-corrected chi connectivity index (χ4v) is 4.02. The van der Waals surface area contributed by atoms with Gasteiger partial charge in [-0.1, -0.05) is 63.9 Å². The Hall–Kier alpha value is -1.38. The topological polar surface area (TPSA) is 30.0 Å². The molecule has 0 saturated heterocycles. The standard InChI is InChI=1S/C22H34N.H2O/c1-4-7-8-11-19-23(17-5-2,18-6-3)22-16-12-14-20-13-9-10-15-21(20)22;/h9-10,12-16H,4-8,11,17-19H2,1-3H3;1H2/q+1;/p-1. The third-order valence-corrected chi connectivity index (χ3v) is 5.02. The number of unbranched alkanes of at least 4 members (excludes halogenated alkanes) is 3. The minimum Gasteiger partial charge on any atom is -0.870 e. The molecule has 0 aliphatic carbocycles. The van der Waals surface area contributed by atoms with Gasteiger partial charge in [0.05, 0.1) is 19.6 Å². The average Bonchev–Trinajstić information content (AvgIpc) is 2.58. The Morgan fingerprint density at radius 1 is 0.667 bits per heavy atom. The van der Waals surface area contributed by atoms with Crippen molar-refractivity contribution in [2.24, 2.45) is 0 Å². The Balaban J connectivity index is 0.00000288. The Morgan fingerprint density at radius 3 is 2.00 bits per heavy atom. The van der Waals surface area contributed by atoms with Crippen molar-refractivity contribution in [2.75, 3.05) is 19.6 Å². The van der Waals surface area contributed by atoms with Crippen molar-refractivity contribution in [3.8, 4) is 0 Å². The van der Waals surface area contributed by atoms with Crippen LogP contribution in [0.1, 0.15) is 59.3 Å². The molecule has 2 heteroatoms. The van der Waals surface area contributed by atoms with Crippen LogP contribution in [0.25, 0.3) is 10.8 Å². The van der Waals surface area contributed by atoms with Crippen LogP contribution in [-0.2, 0) is 0 Å². The molecule has 0 aliphatic rings. The molecule has 0 atom stereocenters. The van der Waals surface area contributed by atoms with Crippen molar-refractivity contribution < 1.29 is 5.48 Å². The summed E-state index contributed by atoms with van der Waals surface area (Å²) >= 11 is 0. The third-order valence-electron chi connectivity index (χ3n) is 5.02. The van der Waals surface area contributed by atoms with Gasteiger partial charge < -0.3 is 5.48 Å². The number of benzene rings is 2. The van der Waals surface area contributed by atoms with Crippen LogP contribution >= 0.6 is 0 Å². The number of fused-ring (bicyclic) bond motifs is 1. The van der Waals surface area contributed by atoms with Gasteiger partial charge in [0.15, 0.2) is 0 Å². The summed E-state index contributed by atoms with van der Waals surface area (Å²) in [6, 6.07) is 15.8. The fourth-order valence-electron chi connectivity index (χ4n) is 4.02. The number of rotatable bonds is 10. The first-order valence-corrected chi connectivity index (χ1v) is 9.61. The first-order valence-electron chi connectivity index (χ1n) is 9.61. The van der Waals surface area contributed by atoms with Crippen LogP contribution < -0.4 is 4.48 Å². The minimum atomic E-state index is 0. The van der Waals surface area contributed by atoms with Crippen molar-refractivity contribution in [1.82, 2.24) is 4.48 Å². The molecular weight excluding hydrogens is 294 g/mol. The molecule has 2 aromatic rings. The van der Waals surface area contributed by atoms with E-state index in [1.54, 1.807) is 5.69 Å². The summed E-state index contributed by atoms with van der Waals surface area (Å²) in [4.78, 5) is 0. The molecule has 134 valence electrons. The fraction of sp³-hybridized carbons (Fsp3) is 0.545. The van der Waals surface area contributed by atoms with Crippen LogP contribution in [0.4, 0.5) is 5.69 Å². The Kier molecular flexibility index (Phi) is 9.02. The average molecular weight is 330 g/mol. The van der Waals surface area contributed by atoms with Crippen molar-refractivity contribution in [3.05, 3.63) is 42.5 Å². The lowest BCUT2D eigenvalue weighted by atomic mass is 10.0. The maximum atomic E-state index is 2.38. The summed E-state index contributed by atoms with van der Waals surface area (Å²) in [6.07, 6.45) is 7.89. The van der Waals surface area contributed by atoms with Gasteiger partial charge in [-0.25, -0.2) is 0 Å². The lowest BCUT2D eigenvalue weighted by Gasteiger charge is -2.39. The summed E-state index contributed by atoms with van der Waals surface area (Å²) in [7, 11) is 0. The van der Waals surface area contributed by atoms with E-state index >= 15 is 0 Å². The first kappa shape index (κ1) is 20.7. The molecule has 24 heavy (non-hydrogen) atoms. The zero-order chi connectivity index (χ0) is 16.5. The van der Waals surface area contributed by atoms with Crippen LogP contribution in [0.3, 0.4) is 0 Å². The molecule has 0 fully saturated rings. The predicted molar refractivity (Wildman–Crippen MR) is 107 cm³/mol. The molecular formula is C22H35NO. The van der Waals surface area contributed by atoms with Gasteiger partial charge in [-0.05, 0) is 43.2 Å². The van der Waals surface area contributed by atoms with Crippen LogP contribution in [0, 0.1) is 0 Å². The Morgan fingerprint density at radius 2 is 1.33 bits per heavy atom. The van der Waals surface area contributed by atoms with E-state index in [1.165, 1.54) is 68.9 Å². The summed E-state index contributed by atoms with van der Waals surface area (Å²) in [5.74, 6) is 0. The summed E-state index contributed by atoms with van der Waals surface area (Å²) in [5.41, 5.74) is 1.54. The summed E-state index contributed by atoms with van der Waals surface area (Å²) < 4.78 is 1.16. The molecule has 2 rings (SSSR count). The second-order valence-corrected chi connectivity index (χ2v) is 6.87. The monoisotopic (exact) mass is 329 g/mol. The van der Waals surface area contributed by atoms with Gasteiger partial charge in [0.1, 0.15) is 5.69 Å². The van der Waals surface area contributed by atoms with Gasteiger partial charge in [-0.15, -0.1) is 0 Å². The molecule has 0 aromatic heterocycles. The van der Waals surface area contributed by atoms with E-state index in [0.29, 0.717) is 0 Å². The zero-order valence-electron chi connectivity index (χ0n) is 15.8. The molecule has 1 N–H and O–H groups in total. The highest BCUT2D eigenvalue weighted by Gasteiger charge is 2.29. The second kappa shape index (κ2) is 10.5. The van der Waals surface area contributed by atoms with E-state index < -0.39 is 0 Å². The van der Waals surface area contributed by atoms with Crippen molar-refractivity contribution >= 4 is 16.5 Å². The molecule has 0 amide bonds. The minimum absolute atomic E-state index is 0. The third kappa shape index (κ3) is 4.81. The van der Waals surface area contributed by atoms with E-state index in [0.717, 1.165) is 4.48 Å². The molecule has 2 nitrogen and oxygen atoms in total. The SMILES string of the molecule is CCCCCC[N+](CCC)(CCC)c1cccc2ccccc12.[OH-]. The molecule has 2 aromatic carbocycles. The highest BCUT2D eigenvalue weighted by atomic mass is 16.0. The van der Waals surface area contributed by atoms with E-state index in [4.69, 9.17) is 0 Å². The van der Waals surface area contributed by atoms with Crippen molar-refractivity contribution in [1.29, 1.82) is 0 Å². The summed E-state index contributed by atoms with van der Waals surface area (Å²) in [6.45, 7) is 10.8. The Bertz CT molecular complexity index is 582. The maximum Gasteiger partial charge on any atom is 0.140 e. The summed E-state index contributed by atoms with van der Waals surface area (Å²) in [5, 5.41) is 2.83. The number of quaternary nitrogens is 1. The van der Waals surface area contributed by atoms with Gasteiger partial charge in [0.25, 0.3) is 0 Å². The first-order chi connectivity index (χ1) is 11.3. The highest BCUT2D eigenvalue weighted by molar-refractivity contribution is 5.93. The van der Waals surface area contributed by atoms with E-state index in [1.807, 2.05) is 0 Å². The lowest BCUT2D eigenvalue weighted by Crippen LogP contribution is -2.51. The lowest BCUT2D eigenvalue weighted by molar-refractivity contribution is 0.268. The number of hydrogen-bond donors (Lipinski definition) is 0. The molecule has 0 aliphatic heterocycles.